The monoisotopic (exact) mass is 308 g/mol. The van der Waals surface area contributed by atoms with E-state index in [2.05, 4.69) is 30.9 Å². The maximum absolute atomic E-state index is 12.6. The second-order valence-electron chi connectivity index (χ2n) is 6.51. The van der Waals surface area contributed by atoms with E-state index in [-0.39, 0.29) is 23.5 Å². The fourth-order valence-corrected chi connectivity index (χ4v) is 3.27. The molecule has 2 unspecified atom stereocenters. The minimum absolute atomic E-state index is 0.0219. The molecule has 0 aliphatic heterocycles. The number of hydrogen-bond donors (Lipinski definition) is 0. The topological polar surface area (TPSA) is 60.2 Å². The number of ether oxygens (including phenoxy) is 1. The van der Waals surface area contributed by atoms with Crippen molar-refractivity contribution in [2.75, 3.05) is 13.2 Å². The highest BCUT2D eigenvalue weighted by Gasteiger charge is 2.52. The molecule has 0 saturated heterocycles. The molecule has 1 amide bonds. The van der Waals surface area contributed by atoms with Crippen LogP contribution in [0.1, 0.15) is 47.0 Å². The normalized spacial score (nSPS) is 23.1. The van der Waals surface area contributed by atoms with E-state index < -0.39 is 0 Å². The van der Waals surface area contributed by atoms with Gasteiger partial charge in [0, 0.05) is 31.0 Å². The molecule has 1 saturated carbocycles. The van der Waals surface area contributed by atoms with Gasteiger partial charge < -0.3 is 9.64 Å². The first-order valence-electron chi connectivity index (χ1n) is 8.24. The lowest BCUT2D eigenvalue weighted by molar-refractivity contribution is -0.167. The van der Waals surface area contributed by atoms with E-state index in [1.807, 2.05) is 11.8 Å². The van der Waals surface area contributed by atoms with Crippen LogP contribution in [0.4, 0.5) is 0 Å². The second kappa shape index (κ2) is 7.22. The summed E-state index contributed by atoms with van der Waals surface area (Å²) in [7, 11) is 0. The Morgan fingerprint density at radius 1 is 1.45 bits per heavy atom. The first-order chi connectivity index (χ1) is 10.5. The van der Waals surface area contributed by atoms with Crippen molar-refractivity contribution in [1.29, 1.82) is 0 Å². The molecule has 6 nitrogen and oxygen atoms in total. The summed E-state index contributed by atoms with van der Waals surface area (Å²) in [6.45, 7) is 10.7. The zero-order chi connectivity index (χ0) is 16.2. The number of carbonyl (C=O) groups excluding carboxylic acids is 1. The van der Waals surface area contributed by atoms with Gasteiger partial charge in [-0.1, -0.05) is 20.8 Å². The van der Waals surface area contributed by atoms with Crippen molar-refractivity contribution < 1.29 is 9.53 Å². The van der Waals surface area contributed by atoms with Crippen molar-refractivity contribution in [2.45, 2.75) is 65.6 Å². The Bertz CT molecular complexity index is 473. The van der Waals surface area contributed by atoms with E-state index in [4.69, 9.17) is 4.74 Å². The Labute approximate surface area is 132 Å². The average Bonchev–Trinajstić information content (AvgIpc) is 3.00. The molecule has 1 aromatic rings. The summed E-state index contributed by atoms with van der Waals surface area (Å²) in [5, 5.41) is 4.05. The third kappa shape index (κ3) is 3.48. The van der Waals surface area contributed by atoms with Crippen molar-refractivity contribution >= 4 is 5.91 Å². The lowest BCUT2D eigenvalue weighted by Gasteiger charge is -2.55. The van der Waals surface area contributed by atoms with E-state index in [0.29, 0.717) is 13.0 Å². The number of carbonyl (C=O) groups is 1. The molecule has 1 aromatic heterocycles. The summed E-state index contributed by atoms with van der Waals surface area (Å²) in [4.78, 5) is 18.6. The molecule has 1 aliphatic rings. The largest absolute Gasteiger partial charge is 0.378 e. The van der Waals surface area contributed by atoms with E-state index in [1.54, 1.807) is 11.0 Å². The SMILES string of the molecule is CCCN(C(=O)CCn1cncn1)C1CC(OCC)C1(C)C. The van der Waals surface area contributed by atoms with E-state index >= 15 is 0 Å². The van der Waals surface area contributed by atoms with Crippen LogP contribution < -0.4 is 0 Å². The average molecular weight is 308 g/mol. The van der Waals surface area contributed by atoms with Crippen LogP contribution in [0.2, 0.25) is 0 Å². The van der Waals surface area contributed by atoms with Crippen LogP contribution in [0.15, 0.2) is 12.7 Å². The predicted octanol–water partition coefficient (Wildman–Crippen LogP) is 2.11. The first-order valence-corrected chi connectivity index (χ1v) is 8.24. The zero-order valence-corrected chi connectivity index (χ0v) is 14.2. The molecule has 0 bridgehead atoms. The van der Waals surface area contributed by atoms with Crippen molar-refractivity contribution in [3.05, 3.63) is 12.7 Å². The molecule has 2 rings (SSSR count). The van der Waals surface area contributed by atoms with Crippen LogP contribution in [0.3, 0.4) is 0 Å². The summed E-state index contributed by atoms with van der Waals surface area (Å²) in [6.07, 6.45) is 5.78. The van der Waals surface area contributed by atoms with Crippen LogP contribution in [0.5, 0.6) is 0 Å². The number of rotatable bonds is 8. The maximum atomic E-state index is 12.6. The zero-order valence-electron chi connectivity index (χ0n) is 14.2. The fourth-order valence-electron chi connectivity index (χ4n) is 3.27. The summed E-state index contributed by atoms with van der Waals surface area (Å²) in [5.74, 6) is 0.199. The van der Waals surface area contributed by atoms with Crippen LogP contribution in [-0.2, 0) is 16.1 Å². The molecule has 2 atom stereocenters. The predicted molar refractivity (Wildman–Crippen MR) is 84.2 cm³/mol. The quantitative estimate of drug-likeness (QED) is 0.738. The molecular formula is C16H28N4O2. The van der Waals surface area contributed by atoms with Crippen LogP contribution >= 0.6 is 0 Å². The number of nitrogens with zero attached hydrogens (tertiary/aromatic N) is 4. The first kappa shape index (κ1) is 16.9. The second-order valence-corrected chi connectivity index (χ2v) is 6.51. The standard InChI is InChI=1S/C16H28N4O2/c1-5-8-20(13-10-14(22-6-2)16(13,3)4)15(21)7-9-19-12-17-11-18-19/h11-14H,5-10H2,1-4H3. The van der Waals surface area contributed by atoms with Gasteiger partial charge >= 0.3 is 0 Å². The summed E-state index contributed by atoms with van der Waals surface area (Å²) in [6, 6.07) is 0.271. The molecule has 0 radical (unpaired) electrons. The van der Waals surface area contributed by atoms with Gasteiger partial charge in [0.15, 0.2) is 0 Å². The van der Waals surface area contributed by atoms with E-state index in [1.165, 1.54) is 6.33 Å². The van der Waals surface area contributed by atoms with Crippen molar-refractivity contribution in [1.82, 2.24) is 19.7 Å². The van der Waals surface area contributed by atoms with E-state index in [9.17, 15) is 4.79 Å². The Morgan fingerprint density at radius 2 is 2.23 bits per heavy atom. The van der Waals surface area contributed by atoms with Gasteiger partial charge in [0.1, 0.15) is 12.7 Å². The Hall–Kier alpha value is -1.43. The molecule has 1 heterocycles. The molecule has 0 spiro atoms. The molecule has 6 heteroatoms. The molecule has 124 valence electrons. The van der Waals surface area contributed by atoms with Gasteiger partial charge in [0.05, 0.1) is 12.6 Å². The van der Waals surface area contributed by atoms with E-state index in [0.717, 1.165) is 26.0 Å². The van der Waals surface area contributed by atoms with Crippen LogP contribution in [-0.4, -0.2) is 50.9 Å². The smallest absolute Gasteiger partial charge is 0.224 e. The number of aromatic nitrogens is 3. The number of aryl methyl sites for hydroxylation is 1. The number of amides is 1. The highest BCUT2D eigenvalue weighted by molar-refractivity contribution is 5.76. The lowest BCUT2D eigenvalue weighted by atomic mass is 9.63. The molecule has 0 aromatic carbocycles. The minimum atomic E-state index is 0.0219. The van der Waals surface area contributed by atoms with Crippen LogP contribution in [0.25, 0.3) is 0 Å². The highest BCUT2D eigenvalue weighted by atomic mass is 16.5. The summed E-state index contributed by atoms with van der Waals surface area (Å²) < 4.78 is 7.50. The third-order valence-electron chi connectivity index (χ3n) is 4.68. The van der Waals surface area contributed by atoms with Gasteiger partial charge in [-0.25, -0.2) is 4.98 Å². The minimum Gasteiger partial charge on any atom is -0.378 e. The van der Waals surface area contributed by atoms with Gasteiger partial charge in [0.2, 0.25) is 5.91 Å². The fraction of sp³-hybridized carbons (Fsp3) is 0.812. The Kier molecular flexibility index (Phi) is 5.56. The molecule has 1 fully saturated rings. The number of hydrogen-bond acceptors (Lipinski definition) is 4. The molecular weight excluding hydrogens is 280 g/mol. The van der Waals surface area contributed by atoms with Gasteiger partial charge in [-0.15, -0.1) is 0 Å². The van der Waals surface area contributed by atoms with Gasteiger partial charge in [-0.05, 0) is 19.8 Å². The third-order valence-corrected chi connectivity index (χ3v) is 4.68. The summed E-state index contributed by atoms with van der Waals surface area (Å²) in [5.41, 5.74) is 0.0219. The Balaban J connectivity index is 1.96. The van der Waals surface area contributed by atoms with Gasteiger partial charge in [0.25, 0.3) is 0 Å². The lowest BCUT2D eigenvalue weighted by Crippen LogP contribution is -2.63. The Morgan fingerprint density at radius 3 is 2.77 bits per heavy atom. The van der Waals surface area contributed by atoms with Crippen molar-refractivity contribution in [3.8, 4) is 0 Å². The molecule has 22 heavy (non-hydrogen) atoms. The maximum Gasteiger partial charge on any atom is 0.224 e. The molecule has 1 aliphatic carbocycles. The van der Waals surface area contributed by atoms with Gasteiger partial charge in [-0.2, -0.15) is 5.10 Å². The molecule has 0 N–H and O–H groups in total. The van der Waals surface area contributed by atoms with Gasteiger partial charge in [-0.3, -0.25) is 9.48 Å². The van der Waals surface area contributed by atoms with Crippen molar-refractivity contribution in [2.24, 2.45) is 5.41 Å². The highest BCUT2D eigenvalue weighted by Crippen LogP contribution is 2.46. The summed E-state index contributed by atoms with van der Waals surface area (Å²) >= 11 is 0. The van der Waals surface area contributed by atoms with Crippen LogP contribution in [0, 0.1) is 5.41 Å². The van der Waals surface area contributed by atoms with Crippen molar-refractivity contribution in [3.63, 3.8) is 0 Å².